The zero-order valence-electron chi connectivity index (χ0n) is 16.1. The van der Waals surface area contributed by atoms with Crippen LogP contribution >= 0.6 is 7.14 Å². The van der Waals surface area contributed by atoms with Gasteiger partial charge in [0.1, 0.15) is 7.14 Å². The summed E-state index contributed by atoms with van der Waals surface area (Å²) in [6, 6.07) is 14.5. The minimum atomic E-state index is -2.63. The fourth-order valence-corrected chi connectivity index (χ4v) is 5.88. The van der Waals surface area contributed by atoms with Gasteiger partial charge < -0.3 is 4.57 Å². The summed E-state index contributed by atoms with van der Waals surface area (Å²) in [5, 5.41) is 2.04. The molecule has 0 saturated heterocycles. The monoisotopic (exact) mass is 342 g/mol. The summed E-state index contributed by atoms with van der Waals surface area (Å²) in [5.74, 6) is 1.18. The largest absolute Gasteiger partial charge is 0.314 e. The third-order valence-electron chi connectivity index (χ3n) is 4.78. The Balaban J connectivity index is 2.83. The summed E-state index contributed by atoms with van der Waals surface area (Å²) in [5.41, 5.74) is 3.85. The first-order valence-electron chi connectivity index (χ1n) is 8.97. The Hall–Kier alpha value is -1.33. The molecule has 0 N–H and O–H groups in total. The first kappa shape index (κ1) is 19.0. The predicted octanol–water partition coefficient (Wildman–Crippen LogP) is 6.00. The summed E-state index contributed by atoms with van der Waals surface area (Å²) in [6.07, 6.45) is 0. The predicted molar refractivity (Wildman–Crippen MR) is 108 cm³/mol. The van der Waals surface area contributed by atoms with E-state index < -0.39 is 7.14 Å². The van der Waals surface area contributed by atoms with E-state index in [-0.39, 0.29) is 0 Å². The van der Waals surface area contributed by atoms with E-state index in [0.29, 0.717) is 17.8 Å². The zero-order chi connectivity index (χ0) is 18.1. The van der Waals surface area contributed by atoms with E-state index in [1.54, 1.807) is 0 Å². The average Bonchev–Trinajstić information content (AvgIpc) is 2.54. The molecule has 0 amide bonds. The van der Waals surface area contributed by atoms with Gasteiger partial charge in [-0.25, -0.2) is 0 Å². The molecule has 2 heteroatoms. The number of hydrogen-bond acceptors (Lipinski definition) is 1. The van der Waals surface area contributed by atoms with E-state index in [4.69, 9.17) is 0 Å². The SMILES string of the molecule is CC(C)c1cc(C(C)C)c(P(C)(=O)c2ccccc2)c(C(C)C)c1. The molecule has 2 aromatic rings. The van der Waals surface area contributed by atoms with Crippen molar-refractivity contribution in [2.75, 3.05) is 6.66 Å². The maximum atomic E-state index is 13.9. The van der Waals surface area contributed by atoms with Crippen molar-refractivity contribution in [3.63, 3.8) is 0 Å². The summed E-state index contributed by atoms with van der Waals surface area (Å²) >= 11 is 0. The molecular formula is C22H31OP. The van der Waals surface area contributed by atoms with Crippen LogP contribution < -0.4 is 10.6 Å². The van der Waals surface area contributed by atoms with Crippen LogP contribution in [0.25, 0.3) is 0 Å². The van der Waals surface area contributed by atoms with Gasteiger partial charge in [0.15, 0.2) is 0 Å². The Morgan fingerprint density at radius 3 is 1.58 bits per heavy atom. The lowest BCUT2D eigenvalue weighted by molar-refractivity contribution is 0.589. The van der Waals surface area contributed by atoms with E-state index in [1.807, 2.05) is 37.0 Å². The molecule has 0 aliphatic rings. The Morgan fingerprint density at radius 1 is 0.750 bits per heavy atom. The standard InChI is InChI=1S/C22H31OP/c1-15(2)18-13-20(16(3)4)22(21(14-18)17(5)6)24(7,23)19-11-9-8-10-12-19/h8-17H,1-7H3. The Kier molecular flexibility index (Phi) is 5.76. The molecule has 0 spiro atoms. The van der Waals surface area contributed by atoms with Gasteiger partial charge >= 0.3 is 0 Å². The fraction of sp³-hybridized carbons (Fsp3) is 0.455. The molecule has 130 valence electrons. The van der Waals surface area contributed by atoms with Crippen molar-refractivity contribution in [1.82, 2.24) is 0 Å². The summed E-state index contributed by atoms with van der Waals surface area (Å²) in [7, 11) is -2.63. The van der Waals surface area contributed by atoms with Crippen LogP contribution in [0.3, 0.4) is 0 Å². The number of rotatable bonds is 5. The van der Waals surface area contributed by atoms with E-state index in [2.05, 4.69) is 53.7 Å². The lowest BCUT2D eigenvalue weighted by atomic mass is 9.89. The molecule has 2 rings (SSSR count). The highest BCUT2D eigenvalue weighted by molar-refractivity contribution is 7.78. The topological polar surface area (TPSA) is 17.1 Å². The summed E-state index contributed by atoms with van der Waals surface area (Å²) in [6.45, 7) is 15.2. The lowest BCUT2D eigenvalue weighted by Gasteiger charge is -2.27. The zero-order valence-corrected chi connectivity index (χ0v) is 17.0. The van der Waals surface area contributed by atoms with Gasteiger partial charge in [0.2, 0.25) is 0 Å². The smallest absolute Gasteiger partial charge is 0.140 e. The molecule has 1 atom stereocenters. The van der Waals surface area contributed by atoms with Crippen molar-refractivity contribution in [2.24, 2.45) is 0 Å². The van der Waals surface area contributed by atoms with E-state index in [1.165, 1.54) is 16.7 Å². The summed E-state index contributed by atoms with van der Waals surface area (Å²) in [4.78, 5) is 0. The second-order valence-electron chi connectivity index (χ2n) is 7.77. The normalized spacial score (nSPS) is 14.4. The van der Waals surface area contributed by atoms with Crippen molar-refractivity contribution >= 4 is 17.8 Å². The van der Waals surface area contributed by atoms with Gasteiger partial charge in [-0.2, -0.15) is 0 Å². The minimum absolute atomic E-state index is 0.355. The Labute approximate surface area is 147 Å². The van der Waals surface area contributed by atoms with Gasteiger partial charge in [-0.15, -0.1) is 0 Å². The van der Waals surface area contributed by atoms with Gasteiger partial charge in [-0.3, -0.25) is 0 Å². The van der Waals surface area contributed by atoms with Crippen LogP contribution in [0, 0.1) is 0 Å². The molecular weight excluding hydrogens is 311 g/mol. The highest BCUT2D eigenvalue weighted by atomic mass is 31.2. The molecule has 1 unspecified atom stereocenters. The summed E-state index contributed by atoms with van der Waals surface area (Å²) < 4.78 is 13.9. The van der Waals surface area contributed by atoms with Gasteiger partial charge in [0.05, 0.1) is 0 Å². The molecule has 0 aliphatic heterocycles. The van der Waals surface area contributed by atoms with Gasteiger partial charge in [-0.1, -0.05) is 84.0 Å². The van der Waals surface area contributed by atoms with Crippen molar-refractivity contribution < 1.29 is 4.57 Å². The average molecular weight is 342 g/mol. The third kappa shape index (κ3) is 3.67. The third-order valence-corrected chi connectivity index (χ3v) is 7.43. The van der Waals surface area contributed by atoms with Gasteiger partial charge in [-0.05, 0) is 41.1 Å². The van der Waals surface area contributed by atoms with Gasteiger partial charge in [0.25, 0.3) is 0 Å². The first-order valence-corrected chi connectivity index (χ1v) is 11.1. The highest BCUT2D eigenvalue weighted by Gasteiger charge is 2.29. The number of hydrogen-bond donors (Lipinski definition) is 0. The van der Waals surface area contributed by atoms with Crippen LogP contribution in [0.4, 0.5) is 0 Å². The maximum Gasteiger partial charge on any atom is 0.140 e. The van der Waals surface area contributed by atoms with Crippen molar-refractivity contribution in [1.29, 1.82) is 0 Å². The lowest BCUT2D eigenvalue weighted by Crippen LogP contribution is -2.25. The molecule has 1 nitrogen and oxygen atoms in total. The first-order chi connectivity index (χ1) is 11.2. The van der Waals surface area contributed by atoms with Crippen molar-refractivity contribution in [2.45, 2.75) is 59.3 Å². The van der Waals surface area contributed by atoms with Crippen LogP contribution in [0.15, 0.2) is 42.5 Å². The molecule has 0 bridgehead atoms. The molecule has 0 radical (unpaired) electrons. The molecule has 2 aromatic carbocycles. The maximum absolute atomic E-state index is 13.9. The molecule has 0 fully saturated rings. The quantitative estimate of drug-likeness (QED) is 0.609. The van der Waals surface area contributed by atoms with Crippen LogP contribution in [0.5, 0.6) is 0 Å². The van der Waals surface area contributed by atoms with E-state index in [9.17, 15) is 4.57 Å². The molecule has 0 aromatic heterocycles. The highest BCUT2D eigenvalue weighted by Crippen LogP contribution is 2.44. The molecule has 0 saturated carbocycles. The van der Waals surface area contributed by atoms with E-state index >= 15 is 0 Å². The molecule has 24 heavy (non-hydrogen) atoms. The second-order valence-corrected chi connectivity index (χ2v) is 10.6. The van der Waals surface area contributed by atoms with Gasteiger partial charge in [0, 0.05) is 10.6 Å². The fourth-order valence-electron chi connectivity index (χ4n) is 3.25. The molecule has 0 aliphatic carbocycles. The van der Waals surface area contributed by atoms with Crippen LogP contribution in [0.1, 0.15) is 76.0 Å². The Bertz CT molecular complexity index is 713. The second kappa shape index (κ2) is 7.28. The van der Waals surface area contributed by atoms with Crippen LogP contribution in [-0.4, -0.2) is 6.66 Å². The Morgan fingerprint density at radius 2 is 1.21 bits per heavy atom. The van der Waals surface area contributed by atoms with E-state index in [0.717, 1.165) is 10.6 Å². The minimum Gasteiger partial charge on any atom is -0.314 e. The van der Waals surface area contributed by atoms with Crippen molar-refractivity contribution in [3.05, 3.63) is 59.2 Å². The molecule has 0 heterocycles. The number of benzene rings is 2. The van der Waals surface area contributed by atoms with Crippen molar-refractivity contribution in [3.8, 4) is 0 Å². The van der Waals surface area contributed by atoms with Crippen LogP contribution in [-0.2, 0) is 4.57 Å². The van der Waals surface area contributed by atoms with Crippen LogP contribution in [0.2, 0.25) is 0 Å².